The average Bonchev–Trinajstić information content (AvgIpc) is 3.20. The number of aliphatic hydroxyl groups is 1. The molecule has 4 aliphatic carbocycles. The lowest BCUT2D eigenvalue weighted by atomic mass is 9.43. The van der Waals surface area contributed by atoms with Gasteiger partial charge < -0.3 is 10.2 Å². The molecule has 0 heterocycles. The van der Waals surface area contributed by atoms with Gasteiger partial charge in [0.2, 0.25) is 0 Å². The lowest BCUT2D eigenvalue weighted by Gasteiger charge is -2.62. The molecule has 1 aromatic rings. The van der Waals surface area contributed by atoms with Crippen molar-refractivity contribution in [2.24, 2.45) is 46.3 Å². The van der Waals surface area contributed by atoms with E-state index in [-0.39, 0.29) is 0 Å². The molecule has 192 valence electrons. The molecule has 0 amide bonds. The Balaban J connectivity index is 1.29. The molecule has 0 spiro atoms. The first-order valence-electron chi connectivity index (χ1n) is 14.3. The van der Waals surface area contributed by atoms with Gasteiger partial charge in [0.05, 0.1) is 5.60 Å². The topological polar surface area (TPSA) is 57.5 Å². The normalized spacial score (nSPS) is 43.8. The van der Waals surface area contributed by atoms with Gasteiger partial charge in [-0.2, -0.15) is 0 Å². The zero-order valence-electron chi connectivity index (χ0n) is 22.1. The van der Waals surface area contributed by atoms with Crippen molar-refractivity contribution in [2.75, 3.05) is 0 Å². The van der Waals surface area contributed by atoms with Crippen LogP contribution in [0.15, 0.2) is 36.4 Å². The van der Waals surface area contributed by atoms with Crippen LogP contribution < -0.4 is 0 Å². The summed E-state index contributed by atoms with van der Waals surface area (Å²) in [5.41, 5.74) is 1.23. The van der Waals surface area contributed by atoms with Gasteiger partial charge in [-0.05, 0) is 116 Å². The van der Waals surface area contributed by atoms with Gasteiger partial charge in [0.15, 0.2) is 0 Å². The van der Waals surface area contributed by atoms with Crippen LogP contribution in [0, 0.1) is 46.3 Å². The number of aliphatic carboxylic acids is 1. The number of benzene rings is 1. The van der Waals surface area contributed by atoms with Gasteiger partial charge in [-0.1, -0.05) is 63.3 Å². The van der Waals surface area contributed by atoms with Gasteiger partial charge in [0.25, 0.3) is 0 Å². The van der Waals surface area contributed by atoms with E-state index in [1.165, 1.54) is 38.5 Å². The molecule has 0 aromatic heterocycles. The highest BCUT2D eigenvalue weighted by Gasteiger charge is 2.61. The zero-order valence-corrected chi connectivity index (χ0v) is 22.1. The smallest absolute Gasteiger partial charge is 0.303 e. The van der Waals surface area contributed by atoms with Crippen LogP contribution in [0.5, 0.6) is 0 Å². The maximum Gasteiger partial charge on any atom is 0.303 e. The molecule has 0 bridgehead atoms. The Hall–Kier alpha value is -1.61. The third-order valence-corrected chi connectivity index (χ3v) is 11.7. The minimum Gasteiger partial charge on any atom is -0.481 e. The van der Waals surface area contributed by atoms with E-state index in [9.17, 15) is 15.0 Å². The second kappa shape index (κ2) is 9.36. The summed E-state index contributed by atoms with van der Waals surface area (Å²) in [4.78, 5) is 11.2. The van der Waals surface area contributed by atoms with Crippen LogP contribution >= 0.6 is 0 Å². The fourth-order valence-corrected chi connectivity index (χ4v) is 9.77. The molecular weight excluding hydrogens is 432 g/mol. The van der Waals surface area contributed by atoms with Gasteiger partial charge >= 0.3 is 5.97 Å². The Labute approximate surface area is 212 Å². The predicted octanol–water partition coefficient (Wildman–Crippen LogP) is 7.59. The molecule has 35 heavy (non-hydrogen) atoms. The Bertz CT molecular complexity index is 939. The van der Waals surface area contributed by atoms with E-state index in [1.807, 2.05) is 6.07 Å². The summed E-state index contributed by atoms with van der Waals surface area (Å²) in [6.45, 7) is 7.45. The van der Waals surface area contributed by atoms with Gasteiger partial charge in [0.1, 0.15) is 0 Å². The number of hydrogen-bond acceptors (Lipinski definition) is 2. The summed E-state index contributed by atoms with van der Waals surface area (Å²) in [5, 5.41) is 20.7. The van der Waals surface area contributed by atoms with Crippen molar-refractivity contribution in [3.8, 4) is 0 Å². The first-order valence-corrected chi connectivity index (χ1v) is 14.3. The molecule has 1 aromatic carbocycles. The van der Waals surface area contributed by atoms with E-state index in [0.29, 0.717) is 35.0 Å². The molecule has 0 unspecified atom stereocenters. The van der Waals surface area contributed by atoms with Crippen LogP contribution in [0.2, 0.25) is 0 Å². The zero-order chi connectivity index (χ0) is 24.8. The molecule has 2 N–H and O–H groups in total. The molecule has 3 nitrogen and oxygen atoms in total. The second-order valence-corrected chi connectivity index (χ2v) is 13.3. The molecule has 5 rings (SSSR count). The third kappa shape index (κ3) is 4.52. The van der Waals surface area contributed by atoms with Gasteiger partial charge in [-0.15, -0.1) is 0 Å². The Morgan fingerprint density at radius 1 is 1.00 bits per heavy atom. The van der Waals surface area contributed by atoms with Gasteiger partial charge in [-0.25, -0.2) is 0 Å². The Morgan fingerprint density at radius 2 is 1.74 bits per heavy atom. The molecule has 0 radical (unpaired) electrons. The predicted molar refractivity (Wildman–Crippen MR) is 142 cm³/mol. The number of carboxylic acid groups (broad SMARTS) is 1. The summed E-state index contributed by atoms with van der Waals surface area (Å²) in [5.74, 6) is 3.55. The van der Waals surface area contributed by atoms with Crippen LogP contribution in [0.25, 0.3) is 6.08 Å². The van der Waals surface area contributed by atoms with Crippen LogP contribution in [0.3, 0.4) is 0 Å². The summed E-state index contributed by atoms with van der Waals surface area (Å²) in [6.07, 6.45) is 16.1. The van der Waals surface area contributed by atoms with Crippen molar-refractivity contribution in [2.45, 2.75) is 97.0 Å². The van der Waals surface area contributed by atoms with Crippen LogP contribution in [-0.2, 0) is 4.79 Å². The monoisotopic (exact) mass is 478 g/mol. The van der Waals surface area contributed by atoms with Crippen molar-refractivity contribution in [3.05, 3.63) is 42.0 Å². The largest absolute Gasteiger partial charge is 0.481 e. The Kier molecular flexibility index (Phi) is 6.70. The first kappa shape index (κ1) is 25.1. The first-order chi connectivity index (χ1) is 16.6. The van der Waals surface area contributed by atoms with E-state index in [0.717, 1.165) is 49.0 Å². The van der Waals surface area contributed by atoms with E-state index in [2.05, 4.69) is 57.2 Å². The van der Waals surface area contributed by atoms with Crippen LogP contribution in [-0.4, -0.2) is 21.8 Å². The van der Waals surface area contributed by atoms with Crippen molar-refractivity contribution in [1.82, 2.24) is 0 Å². The van der Waals surface area contributed by atoms with Gasteiger partial charge in [0, 0.05) is 6.42 Å². The summed E-state index contributed by atoms with van der Waals surface area (Å²) in [6, 6.07) is 10.4. The number of fused-ring (bicyclic) bond motifs is 5. The quantitative estimate of drug-likeness (QED) is 0.443. The highest BCUT2D eigenvalue weighted by molar-refractivity contribution is 5.66. The molecule has 4 aliphatic rings. The average molecular weight is 479 g/mol. The lowest BCUT2D eigenvalue weighted by molar-refractivity contribution is -0.142. The summed E-state index contributed by atoms with van der Waals surface area (Å²) >= 11 is 0. The maximum absolute atomic E-state index is 11.5. The van der Waals surface area contributed by atoms with E-state index in [4.69, 9.17) is 0 Å². The highest BCUT2D eigenvalue weighted by atomic mass is 16.4. The minimum atomic E-state index is -0.673. The molecule has 0 aliphatic heterocycles. The highest BCUT2D eigenvalue weighted by Crippen LogP contribution is 2.69. The molecular formula is C32H46O3. The van der Waals surface area contributed by atoms with Crippen molar-refractivity contribution < 1.29 is 15.0 Å². The van der Waals surface area contributed by atoms with Crippen molar-refractivity contribution in [3.63, 3.8) is 0 Å². The van der Waals surface area contributed by atoms with E-state index < -0.39 is 11.6 Å². The fourth-order valence-electron chi connectivity index (χ4n) is 9.77. The Morgan fingerprint density at radius 3 is 2.49 bits per heavy atom. The maximum atomic E-state index is 11.5. The molecule has 4 fully saturated rings. The van der Waals surface area contributed by atoms with Crippen LogP contribution in [0.1, 0.15) is 97.0 Å². The lowest BCUT2D eigenvalue weighted by Crippen LogP contribution is -2.55. The standard InChI is InChI=1S/C32H46O3/c1-22(9-14-29(33)34)26-12-13-27-25-11-10-24-21-32(35,18-15-23-7-5-4-6-8-23)20-19-30(24,2)28(25)16-17-31(26,27)3/h4-8,15,18,22,24-28,35H,9-14,16-17,19-21H2,1-3H3,(H,33,34)/t22-,24-,25+,26-,27+,28+,30+,31-,32+/m1/s1. The minimum absolute atomic E-state index is 0.311. The number of carbonyl (C=O) groups is 1. The summed E-state index contributed by atoms with van der Waals surface area (Å²) < 4.78 is 0. The third-order valence-electron chi connectivity index (χ3n) is 11.7. The summed E-state index contributed by atoms with van der Waals surface area (Å²) in [7, 11) is 0. The van der Waals surface area contributed by atoms with Crippen molar-refractivity contribution >= 4 is 12.0 Å². The molecule has 3 heteroatoms. The number of carboxylic acids is 1. The molecule has 9 atom stereocenters. The number of hydrogen-bond donors (Lipinski definition) is 2. The molecule has 4 saturated carbocycles. The molecule has 0 saturated heterocycles. The van der Waals surface area contributed by atoms with E-state index >= 15 is 0 Å². The SMILES string of the molecule is C[C@H](CCC(=O)O)[C@H]1CC[C@H]2[C@@H]3CC[C@@H]4C[C@](O)(C=Cc5ccccc5)CC[C@]4(C)[C@H]3CC[C@]12C. The van der Waals surface area contributed by atoms with Crippen LogP contribution in [0.4, 0.5) is 0 Å². The van der Waals surface area contributed by atoms with Crippen molar-refractivity contribution in [1.29, 1.82) is 0 Å². The number of rotatable bonds is 6. The van der Waals surface area contributed by atoms with Gasteiger partial charge in [-0.3, -0.25) is 4.79 Å². The second-order valence-electron chi connectivity index (χ2n) is 13.3. The fraction of sp³-hybridized carbons (Fsp3) is 0.719. The van der Waals surface area contributed by atoms with E-state index in [1.54, 1.807) is 0 Å².